The topological polar surface area (TPSA) is 59.6 Å². The number of carbonyl (C=O) groups excluding carboxylic acids is 1. The molecule has 1 rings (SSSR count). The monoisotopic (exact) mass is 266 g/mol. The lowest BCUT2D eigenvalue weighted by molar-refractivity contribution is -0.115. The van der Waals surface area contributed by atoms with E-state index >= 15 is 0 Å². The van der Waals surface area contributed by atoms with Crippen molar-refractivity contribution in [1.82, 2.24) is 5.32 Å². The van der Waals surface area contributed by atoms with Gasteiger partial charge in [-0.25, -0.2) is 0 Å². The maximum atomic E-state index is 11.6. The predicted molar refractivity (Wildman–Crippen MR) is 76.2 cm³/mol. The Kier molecular flexibility index (Phi) is 5.63. The van der Waals surface area contributed by atoms with Gasteiger partial charge in [-0.2, -0.15) is 0 Å². The van der Waals surface area contributed by atoms with Crippen LogP contribution in [0.15, 0.2) is 12.1 Å². The zero-order valence-corrected chi connectivity index (χ0v) is 12.2. The van der Waals surface area contributed by atoms with Crippen molar-refractivity contribution in [3.8, 4) is 11.5 Å². The molecule has 1 amide bonds. The number of hydrogen-bond acceptors (Lipinski definition) is 4. The minimum absolute atomic E-state index is 0.125. The smallest absolute Gasteiger partial charge is 0.238 e. The molecule has 0 heterocycles. The minimum atomic E-state index is -0.125. The Morgan fingerprint density at radius 3 is 2.32 bits per heavy atom. The van der Waals surface area contributed by atoms with Crippen molar-refractivity contribution in [1.29, 1.82) is 0 Å². The molecule has 19 heavy (non-hydrogen) atoms. The van der Waals surface area contributed by atoms with Gasteiger partial charge in [0.1, 0.15) is 11.5 Å². The van der Waals surface area contributed by atoms with Crippen molar-refractivity contribution >= 4 is 11.6 Å². The van der Waals surface area contributed by atoms with Crippen LogP contribution in [-0.4, -0.2) is 33.7 Å². The minimum Gasteiger partial charge on any atom is -0.496 e. The summed E-state index contributed by atoms with van der Waals surface area (Å²) in [5, 5.41) is 5.60. The molecule has 1 aromatic carbocycles. The van der Waals surface area contributed by atoms with E-state index in [4.69, 9.17) is 9.47 Å². The maximum absolute atomic E-state index is 11.6. The van der Waals surface area contributed by atoms with E-state index in [1.54, 1.807) is 27.3 Å². The lowest BCUT2D eigenvalue weighted by Crippen LogP contribution is -2.25. The summed E-state index contributed by atoms with van der Waals surface area (Å²) in [6.45, 7) is 4.41. The fourth-order valence-corrected chi connectivity index (χ4v) is 1.83. The summed E-state index contributed by atoms with van der Waals surface area (Å²) in [6.07, 6.45) is 0. The molecular weight excluding hydrogens is 244 g/mol. The molecule has 0 saturated carbocycles. The van der Waals surface area contributed by atoms with E-state index in [0.717, 1.165) is 11.3 Å². The Labute approximate surface area is 114 Å². The molecule has 5 heteroatoms. The number of anilines is 1. The van der Waals surface area contributed by atoms with Crippen molar-refractivity contribution in [3.63, 3.8) is 0 Å². The second-order valence-corrected chi connectivity index (χ2v) is 4.53. The number of rotatable bonds is 6. The van der Waals surface area contributed by atoms with Gasteiger partial charge in [0.25, 0.3) is 0 Å². The Hall–Kier alpha value is -1.75. The van der Waals surface area contributed by atoms with E-state index in [2.05, 4.69) is 24.5 Å². The molecule has 0 spiro atoms. The molecule has 0 aliphatic carbocycles. The molecule has 0 atom stereocenters. The average Bonchev–Trinajstić information content (AvgIpc) is 2.38. The fraction of sp³-hybridized carbons (Fsp3) is 0.500. The molecule has 0 unspecified atom stereocenters. The molecule has 0 radical (unpaired) electrons. The summed E-state index contributed by atoms with van der Waals surface area (Å²) >= 11 is 0. The maximum Gasteiger partial charge on any atom is 0.238 e. The van der Waals surface area contributed by atoms with Crippen LogP contribution >= 0.6 is 0 Å². The molecule has 106 valence electrons. The van der Waals surface area contributed by atoms with Gasteiger partial charge in [-0.1, -0.05) is 13.8 Å². The largest absolute Gasteiger partial charge is 0.496 e. The average molecular weight is 266 g/mol. The van der Waals surface area contributed by atoms with E-state index in [-0.39, 0.29) is 12.5 Å². The first-order valence-electron chi connectivity index (χ1n) is 6.23. The van der Waals surface area contributed by atoms with Gasteiger partial charge in [0, 0.05) is 11.6 Å². The van der Waals surface area contributed by atoms with E-state index in [0.29, 0.717) is 17.4 Å². The Bertz CT molecular complexity index is 445. The Morgan fingerprint density at radius 1 is 1.21 bits per heavy atom. The number of carbonyl (C=O) groups is 1. The zero-order valence-electron chi connectivity index (χ0n) is 12.2. The standard InChI is InChI=1S/C14H22N2O3/c1-9(2)10-6-13(19-5)11(7-12(10)18-4)16-14(17)8-15-3/h6-7,9,15H,8H2,1-5H3,(H,16,17). The van der Waals surface area contributed by atoms with Gasteiger partial charge in [0.15, 0.2) is 0 Å². The molecule has 0 aliphatic heterocycles. The highest BCUT2D eigenvalue weighted by atomic mass is 16.5. The van der Waals surface area contributed by atoms with E-state index in [1.165, 1.54) is 0 Å². The quantitative estimate of drug-likeness (QED) is 0.826. The highest BCUT2D eigenvalue weighted by molar-refractivity contribution is 5.94. The number of hydrogen-bond donors (Lipinski definition) is 2. The number of likely N-dealkylation sites (N-methyl/N-ethyl adjacent to an activating group) is 1. The third-order valence-corrected chi connectivity index (χ3v) is 2.79. The van der Waals surface area contributed by atoms with Crippen LogP contribution in [0, 0.1) is 0 Å². The summed E-state index contributed by atoms with van der Waals surface area (Å²) < 4.78 is 10.7. The lowest BCUT2D eigenvalue weighted by atomic mass is 10.0. The van der Waals surface area contributed by atoms with Gasteiger partial charge >= 0.3 is 0 Å². The first-order chi connectivity index (χ1) is 9.03. The summed E-state index contributed by atoms with van der Waals surface area (Å²) in [7, 11) is 4.92. The number of ether oxygens (including phenoxy) is 2. The van der Waals surface area contributed by atoms with Crippen LogP contribution in [0.4, 0.5) is 5.69 Å². The highest BCUT2D eigenvalue weighted by Gasteiger charge is 2.15. The molecule has 2 N–H and O–H groups in total. The highest BCUT2D eigenvalue weighted by Crippen LogP contribution is 2.36. The molecule has 0 bridgehead atoms. The fourth-order valence-electron chi connectivity index (χ4n) is 1.83. The first-order valence-corrected chi connectivity index (χ1v) is 6.23. The Balaban J connectivity index is 3.13. The normalized spacial score (nSPS) is 10.4. The van der Waals surface area contributed by atoms with Crippen LogP contribution in [0.2, 0.25) is 0 Å². The van der Waals surface area contributed by atoms with Gasteiger partial charge in [0.2, 0.25) is 5.91 Å². The lowest BCUT2D eigenvalue weighted by Gasteiger charge is -2.17. The summed E-state index contributed by atoms with van der Waals surface area (Å²) in [5.74, 6) is 1.57. The second-order valence-electron chi connectivity index (χ2n) is 4.53. The molecule has 0 fully saturated rings. The van der Waals surface area contributed by atoms with Gasteiger partial charge in [-0.15, -0.1) is 0 Å². The van der Waals surface area contributed by atoms with E-state index in [9.17, 15) is 4.79 Å². The van der Waals surface area contributed by atoms with Gasteiger partial charge in [-0.3, -0.25) is 4.79 Å². The zero-order chi connectivity index (χ0) is 14.4. The summed E-state index contributed by atoms with van der Waals surface area (Å²) in [6, 6.07) is 3.69. The van der Waals surface area contributed by atoms with Gasteiger partial charge in [-0.05, 0) is 19.0 Å². The third-order valence-electron chi connectivity index (χ3n) is 2.79. The number of benzene rings is 1. The van der Waals surface area contributed by atoms with Gasteiger partial charge in [0.05, 0.1) is 26.5 Å². The summed E-state index contributed by atoms with van der Waals surface area (Å²) in [4.78, 5) is 11.6. The first kappa shape index (κ1) is 15.3. The van der Waals surface area contributed by atoms with Crippen molar-refractivity contribution in [2.45, 2.75) is 19.8 Å². The van der Waals surface area contributed by atoms with Crippen LogP contribution in [0.3, 0.4) is 0 Å². The van der Waals surface area contributed by atoms with Crippen molar-refractivity contribution in [2.24, 2.45) is 0 Å². The molecule has 5 nitrogen and oxygen atoms in total. The van der Waals surface area contributed by atoms with Crippen molar-refractivity contribution in [2.75, 3.05) is 33.1 Å². The molecule has 0 aromatic heterocycles. The van der Waals surface area contributed by atoms with Crippen molar-refractivity contribution in [3.05, 3.63) is 17.7 Å². The Morgan fingerprint density at radius 2 is 1.84 bits per heavy atom. The molecule has 0 aliphatic rings. The SMILES string of the molecule is CNCC(=O)Nc1cc(OC)c(C(C)C)cc1OC. The van der Waals surface area contributed by atoms with Gasteiger partial charge < -0.3 is 20.1 Å². The molecule has 0 saturated heterocycles. The van der Waals surface area contributed by atoms with E-state index in [1.807, 2.05) is 6.07 Å². The van der Waals surface area contributed by atoms with Crippen LogP contribution in [0.5, 0.6) is 11.5 Å². The van der Waals surface area contributed by atoms with E-state index < -0.39 is 0 Å². The number of methoxy groups -OCH3 is 2. The van der Waals surface area contributed by atoms with Crippen LogP contribution in [-0.2, 0) is 4.79 Å². The number of nitrogens with one attached hydrogen (secondary N) is 2. The third kappa shape index (κ3) is 3.86. The summed E-state index contributed by atoms with van der Waals surface area (Å²) in [5.41, 5.74) is 1.66. The van der Waals surface area contributed by atoms with Crippen LogP contribution in [0.1, 0.15) is 25.3 Å². The molecule has 1 aromatic rings. The van der Waals surface area contributed by atoms with Crippen LogP contribution in [0.25, 0.3) is 0 Å². The molecular formula is C14H22N2O3. The van der Waals surface area contributed by atoms with Crippen molar-refractivity contribution < 1.29 is 14.3 Å². The second kappa shape index (κ2) is 6.99. The van der Waals surface area contributed by atoms with Crippen LogP contribution < -0.4 is 20.1 Å². The number of amides is 1. The predicted octanol–water partition coefficient (Wildman–Crippen LogP) is 1.99.